The van der Waals surface area contributed by atoms with Gasteiger partial charge in [0.05, 0.1) is 0 Å². The van der Waals surface area contributed by atoms with Crippen LogP contribution in [0.5, 0.6) is 0 Å². The molecule has 0 saturated heterocycles. The average molecular weight is 145 g/mol. The van der Waals surface area contributed by atoms with Crippen molar-refractivity contribution in [2.45, 2.75) is 38.3 Å². The summed E-state index contributed by atoms with van der Waals surface area (Å²) in [7, 11) is 0. The molecule has 3 heteroatoms. The van der Waals surface area contributed by atoms with Crippen LogP contribution >= 0.6 is 0 Å². The lowest BCUT2D eigenvalue weighted by Gasteiger charge is -2.12. The standard InChI is InChI=1S/C7H19N3/c1-6(9)5-7(10)3-2-4-8/h6-7H,2-5,8-10H2,1H3. The molecule has 0 aromatic carbocycles. The van der Waals surface area contributed by atoms with Crippen LogP contribution in [-0.4, -0.2) is 18.6 Å². The Balaban J connectivity index is 3.16. The van der Waals surface area contributed by atoms with Crippen LogP contribution in [0.4, 0.5) is 0 Å². The minimum Gasteiger partial charge on any atom is -0.330 e. The highest BCUT2D eigenvalue weighted by atomic mass is 14.7. The van der Waals surface area contributed by atoms with E-state index in [1.54, 1.807) is 0 Å². The maximum absolute atomic E-state index is 5.73. The molecular formula is C7H19N3. The maximum Gasteiger partial charge on any atom is 0.00539 e. The summed E-state index contributed by atoms with van der Waals surface area (Å²) in [6.45, 7) is 2.70. The van der Waals surface area contributed by atoms with Crippen molar-refractivity contribution in [2.24, 2.45) is 17.2 Å². The fourth-order valence-electron chi connectivity index (χ4n) is 0.975. The monoisotopic (exact) mass is 145 g/mol. The normalized spacial score (nSPS) is 16.8. The molecule has 0 aliphatic heterocycles. The number of hydrogen-bond acceptors (Lipinski definition) is 3. The molecule has 0 bridgehead atoms. The highest BCUT2D eigenvalue weighted by molar-refractivity contribution is 4.66. The van der Waals surface area contributed by atoms with Gasteiger partial charge in [-0.25, -0.2) is 0 Å². The third-order valence-electron chi connectivity index (χ3n) is 1.45. The van der Waals surface area contributed by atoms with Crippen LogP contribution in [0, 0.1) is 0 Å². The summed E-state index contributed by atoms with van der Waals surface area (Å²) in [5, 5.41) is 0. The van der Waals surface area contributed by atoms with Crippen molar-refractivity contribution in [3.8, 4) is 0 Å². The molecule has 3 nitrogen and oxygen atoms in total. The Morgan fingerprint density at radius 2 is 1.90 bits per heavy atom. The first-order valence-electron chi connectivity index (χ1n) is 3.88. The van der Waals surface area contributed by atoms with Gasteiger partial charge in [-0.1, -0.05) is 0 Å². The van der Waals surface area contributed by atoms with Crippen LogP contribution in [0.15, 0.2) is 0 Å². The highest BCUT2D eigenvalue weighted by Crippen LogP contribution is 1.99. The second kappa shape index (κ2) is 5.65. The van der Waals surface area contributed by atoms with Crippen molar-refractivity contribution < 1.29 is 0 Å². The Kier molecular flexibility index (Phi) is 5.58. The highest BCUT2D eigenvalue weighted by Gasteiger charge is 2.03. The van der Waals surface area contributed by atoms with E-state index in [1.165, 1.54) is 0 Å². The van der Waals surface area contributed by atoms with E-state index in [9.17, 15) is 0 Å². The summed E-state index contributed by atoms with van der Waals surface area (Å²) < 4.78 is 0. The Bertz CT molecular complexity index is 73.3. The van der Waals surface area contributed by atoms with Gasteiger partial charge in [-0.15, -0.1) is 0 Å². The predicted molar refractivity (Wildman–Crippen MR) is 44.5 cm³/mol. The van der Waals surface area contributed by atoms with Crippen LogP contribution in [0.2, 0.25) is 0 Å². The lowest BCUT2D eigenvalue weighted by Crippen LogP contribution is -2.29. The number of hydrogen-bond donors (Lipinski definition) is 3. The van der Waals surface area contributed by atoms with Gasteiger partial charge in [-0.05, 0) is 32.7 Å². The van der Waals surface area contributed by atoms with Gasteiger partial charge in [0.25, 0.3) is 0 Å². The van der Waals surface area contributed by atoms with Crippen LogP contribution in [0.3, 0.4) is 0 Å². The Morgan fingerprint density at radius 1 is 1.30 bits per heavy atom. The second-order valence-electron chi connectivity index (χ2n) is 2.90. The third-order valence-corrected chi connectivity index (χ3v) is 1.45. The molecule has 62 valence electrons. The molecule has 10 heavy (non-hydrogen) atoms. The van der Waals surface area contributed by atoms with Crippen LogP contribution < -0.4 is 17.2 Å². The second-order valence-corrected chi connectivity index (χ2v) is 2.90. The molecule has 6 N–H and O–H groups in total. The molecule has 0 rings (SSSR count). The van der Waals surface area contributed by atoms with E-state index in [4.69, 9.17) is 17.2 Å². The maximum atomic E-state index is 5.73. The minimum atomic E-state index is 0.216. The molecular weight excluding hydrogens is 126 g/mol. The van der Waals surface area contributed by atoms with Gasteiger partial charge in [0.1, 0.15) is 0 Å². The smallest absolute Gasteiger partial charge is 0.00539 e. The zero-order chi connectivity index (χ0) is 7.98. The van der Waals surface area contributed by atoms with Gasteiger partial charge in [0.15, 0.2) is 0 Å². The van der Waals surface area contributed by atoms with Crippen molar-refractivity contribution in [3.63, 3.8) is 0 Å². The van der Waals surface area contributed by atoms with Gasteiger partial charge in [0, 0.05) is 12.1 Å². The van der Waals surface area contributed by atoms with E-state index >= 15 is 0 Å². The first-order valence-corrected chi connectivity index (χ1v) is 3.88. The van der Waals surface area contributed by atoms with E-state index in [2.05, 4.69) is 0 Å². The number of rotatable bonds is 5. The van der Waals surface area contributed by atoms with Crippen molar-refractivity contribution in [1.82, 2.24) is 0 Å². The number of nitrogens with two attached hydrogens (primary N) is 3. The summed E-state index contributed by atoms with van der Waals surface area (Å²) >= 11 is 0. The van der Waals surface area contributed by atoms with E-state index in [0.717, 1.165) is 25.8 Å². The first kappa shape index (κ1) is 9.88. The molecule has 0 aromatic heterocycles. The fourth-order valence-corrected chi connectivity index (χ4v) is 0.975. The molecule has 0 aromatic rings. The fraction of sp³-hybridized carbons (Fsp3) is 1.00. The lowest BCUT2D eigenvalue weighted by atomic mass is 10.1. The van der Waals surface area contributed by atoms with Gasteiger partial charge >= 0.3 is 0 Å². The quantitative estimate of drug-likeness (QED) is 0.501. The van der Waals surface area contributed by atoms with Crippen molar-refractivity contribution >= 4 is 0 Å². The molecule has 2 unspecified atom stereocenters. The predicted octanol–water partition coefficient (Wildman–Crippen LogP) is -0.210. The Morgan fingerprint density at radius 3 is 2.30 bits per heavy atom. The SMILES string of the molecule is CC(N)CC(N)CCCN. The van der Waals surface area contributed by atoms with Gasteiger partial charge in [0.2, 0.25) is 0 Å². The molecule has 0 heterocycles. The minimum absolute atomic E-state index is 0.216. The summed E-state index contributed by atoms with van der Waals surface area (Å²) in [5.41, 5.74) is 16.6. The van der Waals surface area contributed by atoms with E-state index in [0.29, 0.717) is 0 Å². The van der Waals surface area contributed by atoms with Crippen LogP contribution in [0.1, 0.15) is 26.2 Å². The van der Waals surface area contributed by atoms with Gasteiger partial charge in [-0.2, -0.15) is 0 Å². The topological polar surface area (TPSA) is 78.1 Å². The molecule has 0 spiro atoms. The Labute approximate surface area is 62.9 Å². The van der Waals surface area contributed by atoms with Gasteiger partial charge < -0.3 is 17.2 Å². The van der Waals surface area contributed by atoms with Crippen LogP contribution in [-0.2, 0) is 0 Å². The first-order chi connectivity index (χ1) is 4.66. The summed E-state index contributed by atoms with van der Waals surface area (Å²) in [6.07, 6.45) is 2.91. The molecule has 0 aliphatic rings. The third kappa shape index (κ3) is 6.01. The molecule has 2 atom stereocenters. The summed E-state index contributed by atoms with van der Waals surface area (Å²) in [6, 6.07) is 0.455. The van der Waals surface area contributed by atoms with Gasteiger partial charge in [-0.3, -0.25) is 0 Å². The Hall–Kier alpha value is -0.120. The van der Waals surface area contributed by atoms with E-state index < -0.39 is 0 Å². The summed E-state index contributed by atoms with van der Waals surface area (Å²) in [4.78, 5) is 0. The molecule has 0 saturated carbocycles. The van der Waals surface area contributed by atoms with Crippen molar-refractivity contribution in [2.75, 3.05) is 6.54 Å². The molecule has 0 aliphatic carbocycles. The zero-order valence-electron chi connectivity index (χ0n) is 6.72. The van der Waals surface area contributed by atoms with E-state index in [1.807, 2.05) is 6.92 Å². The molecule has 0 fully saturated rings. The van der Waals surface area contributed by atoms with Crippen LogP contribution in [0.25, 0.3) is 0 Å². The largest absolute Gasteiger partial charge is 0.330 e. The van der Waals surface area contributed by atoms with Crippen molar-refractivity contribution in [1.29, 1.82) is 0 Å². The zero-order valence-corrected chi connectivity index (χ0v) is 6.72. The van der Waals surface area contributed by atoms with E-state index in [-0.39, 0.29) is 12.1 Å². The van der Waals surface area contributed by atoms with Crippen molar-refractivity contribution in [3.05, 3.63) is 0 Å². The summed E-state index contributed by atoms with van der Waals surface area (Å²) in [5.74, 6) is 0. The average Bonchev–Trinajstić information content (AvgIpc) is 1.82. The molecule has 0 amide bonds. The lowest BCUT2D eigenvalue weighted by molar-refractivity contribution is 0.505. The molecule has 0 radical (unpaired) electrons.